The van der Waals surface area contributed by atoms with Gasteiger partial charge in [0.15, 0.2) is 0 Å². The number of rotatable bonds is 5. The lowest BCUT2D eigenvalue weighted by Crippen LogP contribution is -2.39. The highest BCUT2D eigenvalue weighted by molar-refractivity contribution is 6.06. The number of anilines is 3. The molecule has 2 unspecified atom stereocenters. The van der Waals surface area contributed by atoms with Crippen molar-refractivity contribution in [1.82, 2.24) is 0 Å². The molecule has 0 spiro atoms. The Bertz CT molecular complexity index is 1020. The predicted octanol–water partition coefficient (Wildman–Crippen LogP) is 5.03. The molecule has 33 heavy (non-hydrogen) atoms. The highest BCUT2D eigenvalue weighted by Crippen LogP contribution is 2.31. The molecule has 7 heteroatoms. The van der Waals surface area contributed by atoms with E-state index in [1.165, 1.54) is 24.6 Å². The summed E-state index contributed by atoms with van der Waals surface area (Å²) in [5, 5.41) is 2.78. The minimum Gasteiger partial charge on any atom is -0.460 e. The molecule has 1 saturated heterocycles. The van der Waals surface area contributed by atoms with Gasteiger partial charge in [0.1, 0.15) is 11.4 Å². The number of amides is 1. The van der Waals surface area contributed by atoms with Gasteiger partial charge in [0.25, 0.3) is 5.91 Å². The van der Waals surface area contributed by atoms with E-state index in [1.807, 2.05) is 6.07 Å². The van der Waals surface area contributed by atoms with Crippen LogP contribution in [0.15, 0.2) is 36.4 Å². The van der Waals surface area contributed by atoms with Gasteiger partial charge < -0.3 is 20.7 Å². The van der Waals surface area contributed by atoms with E-state index >= 15 is 0 Å². The van der Waals surface area contributed by atoms with Crippen LogP contribution in [-0.2, 0) is 16.0 Å². The van der Waals surface area contributed by atoms with Crippen LogP contribution in [-0.4, -0.2) is 30.6 Å². The number of hydrogen-bond acceptors (Lipinski definition) is 5. The maximum Gasteiger partial charge on any atom is 0.310 e. The summed E-state index contributed by atoms with van der Waals surface area (Å²) in [5.74, 6) is -0.214. The number of hydrogen-bond donors (Lipinski definition) is 2. The Labute approximate surface area is 195 Å². The molecule has 1 aliphatic rings. The molecule has 6 nitrogen and oxygen atoms in total. The summed E-state index contributed by atoms with van der Waals surface area (Å²) in [6.07, 6.45) is 1.04. The molecule has 2 aromatic carbocycles. The normalized spacial score (nSPS) is 18.7. The van der Waals surface area contributed by atoms with E-state index in [1.54, 1.807) is 32.9 Å². The van der Waals surface area contributed by atoms with Gasteiger partial charge in [-0.25, -0.2) is 4.39 Å². The highest BCUT2D eigenvalue weighted by atomic mass is 19.1. The zero-order valence-electron chi connectivity index (χ0n) is 20.1. The van der Waals surface area contributed by atoms with Crippen molar-refractivity contribution in [3.63, 3.8) is 0 Å². The first-order chi connectivity index (χ1) is 15.4. The molecule has 2 atom stereocenters. The molecule has 1 amide bonds. The van der Waals surface area contributed by atoms with Gasteiger partial charge >= 0.3 is 5.97 Å². The van der Waals surface area contributed by atoms with Crippen molar-refractivity contribution in [3.05, 3.63) is 53.3 Å². The van der Waals surface area contributed by atoms with Crippen molar-refractivity contribution in [2.75, 3.05) is 29.0 Å². The van der Waals surface area contributed by atoms with E-state index in [0.29, 0.717) is 34.3 Å². The lowest BCUT2D eigenvalue weighted by atomic mass is 9.91. The van der Waals surface area contributed by atoms with E-state index in [-0.39, 0.29) is 12.3 Å². The number of benzene rings is 2. The summed E-state index contributed by atoms with van der Waals surface area (Å²) in [4.78, 5) is 27.4. The van der Waals surface area contributed by atoms with Gasteiger partial charge in [0.2, 0.25) is 0 Å². The summed E-state index contributed by atoms with van der Waals surface area (Å²) < 4.78 is 19.2. The van der Waals surface area contributed by atoms with Gasteiger partial charge in [-0.15, -0.1) is 0 Å². The topological polar surface area (TPSA) is 84.7 Å². The fourth-order valence-corrected chi connectivity index (χ4v) is 4.40. The predicted molar refractivity (Wildman–Crippen MR) is 130 cm³/mol. The minimum atomic E-state index is -0.656. The van der Waals surface area contributed by atoms with Crippen molar-refractivity contribution in [3.8, 4) is 0 Å². The van der Waals surface area contributed by atoms with Crippen LogP contribution in [0.1, 0.15) is 57.0 Å². The van der Waals surface area contributed by atoms with E-state index in [9.17, 15) is 14.0 Å². The van der Waals surface area contributed by atoms with Crippen molar-refractivity contribution in [1.29, 1.82) is 0 Å². The molecule has 0 aromatic heterocycles. The van der Waals surface area contributed by atoms with Gasteiger partial charge in [-0.1, -0.05) is 13.8 Å². The molecule has 3 rings (SSSR count). The lowest BCUT2D eigenvalue weighted by Gasteiger charge is -2.37. The quantitative estimate of drug-likeness (QED) is 0.488. The summed E-state index contributed by atoms with van der Waals surface area (Å²) in [6, 6.07) is 9.19. The third-order valence-electron chi connectivity index (χ3n) is 5.57. The zero-order chi connectivity index (χ0) is 24.3. The second-order valence-electron chi connectivity index (χ2n) is 10.1. The van der Waals surface area contributed by atoms with E-state index < -0.39 is 17.4 Å². The smallest absolute Gasteiger partial charge is 0.310 e. The highest BCUT2D eigenvalue weighted by Gasteiger charge is 2.24. The molecule has 0 bridgehead atoms. The first-order valence-corrected chi connectivity index (χ1v) is 11.4. The molecule has 1 fully saturated rings. The molecule has 0 aliphatic carbocycles. The van der Waals surface area contributed by atoms with Gasteiger partial charge in [-0.3, -0.25) is 9.59 Å². The number of carbonyl (C=O) groups is 2. The van der Waals surface area contributed by atoms with Crippen LogP contribution in [0.3, 0.4) is 0 Å². The molecule has 1 aliphatic heterocycles. The number of nitrogens with zero attached hydrogens (tertiary/aromatic N) is 1. The van der Waals surface area contributed by atoms with Gasteiger partial charge in [0.05, 0.1) is 17.8 Å². The van der Waals surface area contributed by atoms with Crippen LogP contribution < -0.4 is 16.0 Å². The summed E-state index contributed by atoms with van der Waals surface area (Å²) >= 11 is 0. The average Bonchev–Trinajstić information content (AvgIpc) is 2.67. The van der Waals surface area contributed by atoms with Crippen molar-refractivity contribution < 1.29 is 18.7 Å². The number of carbonyl (C=O) groups excluding carboxylic acids is 2. The second kappa shape index (κ2) is 9.81. The summed E-state index contributed by atoms with van der Waals surface area (Å²) in [5.41, 5.74) is 8.22. The molecule has 0 saturated carbocycles. The van der Waals surface area contributed by atoms with Crippen LogP contribution in [0.2, 0.25) is 0 Å². The number of esters is 1. The molecule has 0 radical (unpaired) electrons. The fraction of sp³-hybridized carbons (Fsp3) is 0.462. The Morgan fingerprint density at radius 1 is 1.12 bits per heavy atom. The number of nitrogens with two attached hydrogens (primary N) is 1. The summed E-state index contributed by atoms with van der Waals surface area (Å²) in [7, 11) is 0. The standard InChI is InChI=1S/C26H34FN3O3/c1-16-10-17(2)15-30(14-16)23-9-6-18(12-21(23)28)25(32)29-22-8-7-20(27)11-19(22)13-24(31)33-26(3,4)5/h6-9,11-12,16-17H,10,13-15,28H2,1-5H3,(H,29,32). The maximum absolute atomic E-state index is 13.8. The number of piperidine rings is 1. The van der Waals surface area contributed by atoms with Crippen LogP contribution in [0.5, 0.6) is 0 Å². The third kappa shape index (κ3) is 6.70. The Hall–Kier alpha value is -3.09. The number of ether oxygens (including phenoxy) is 1. The number of nitrogen functional groups attached to an aromatic ring is 1. The van der Waals surface area contributed by atoms with Gasteiger partial charge in [0, 0.05) is 24.3 Å². The van der Waals surface area contributed by atoms with Crippen LogP contribution >= 0.6 is 0 Å². The van der Waals surface area contributed by atoms with Crippen LogP contribution in [0, 0.1) is 17.7 Å². The van der Waals surface area contributed by atoms with Crippen molar-refractivity contribution >= 4 is 28.9 Å². The van der Waals surface area contributed by atoms with Crippen LogP contribution in [0.4, 0.5) is 21.5 Å². The Kier molecular flexibility index (Phi) is 7.30. The van der Waals surface area contributed by atoms with Crippen molar-refractivity contribution in [2.45, 2.75) is 53.1 Å². The maximum atomic E-state index is 13.8. The summed E-state index contributed by atoms with van der Waals surface area (Å²) in [6.45, 7) is 11.6. The van der Waals surface area contributed by atoms with E-state index in [2.05, 4.69) is 24.1 Å². The first-order valence-electron chi connectivity index (χ1n) is 11.4. The van der Waals surface area contributed by atoms with Gasteiger partial charge in [-0.2, -0.15) is 0 Å². The minimum absolute atomic E-state index is 0.156. The largest absolute Gasteiger partial charge is 0.460 e. The Morgan fingerprint density at radius 2 is 1.79 bits per heavy atom. The molecular formula is C26H34FN3O3. The SMILES string of the molecule is CC1CC(C)CN(c2ccc(C(=O)Nc3ccc(F)cc3CC(=O)OC(C)(C)C)cc2N)C1. The first kappa shape index (κ1) is 24.6. The monoisotopic (exact) mass is 455 g/mol. The fourth-order valence-electron chi connectivity index (χ4n) is 4.40. The molecule has 3 N–H and O–H groups in total. The average molecular weight is 456 g/mol. The third-order valence-corrected chi connectivity index (χ3v) is 5.57. The Morgan fingerprint density at radius 3 is 2.39 bits per heavy atom. The molecule has 178 valence electrons. The molecule has 2 aromatic rings. The second-order valence-corrected chi connectivity index (χ2v) is 10.1. The zero-order valence-corrected chi connectivity index (χ0v) is 20.1. The number of nitrogens with one attached hydrogen (secondary N) is 1. The lowest BCUT2D eigenvalue weighted by molar-refractivity contribution is -0.153. The molecule has 1 heterocycles. The van der Waals surface area contributed by atoms with Gasteiger partial charge in [-0.05, 0) is 81.0 Å². The molecular weight excluding hydrogens is 421 g/mol. The Balaban J connectivity index is 1.76. The van der Waals surface area contributed by atoms with Crippen molar-refractivity contribution in [2.24, 2.45) is 11.8 Å². The van der Waals surface area contributed by atoms with E-state index in [0.717, 1.165) is 18.8 Å². The van der Waals surface area contributed by atoms with E-state index in [4.69, 9.17) is 10.5 Å². The van der Waals surface area contributed by atoms with Crippen LogP contribution in [0.25, 0.3) is 0 Å². The number of halogens is 1.